The van der Waals surface area contributed by atoms with E-state index in [0.717, 1.165) is 30.8 Å². The van der Waals surface area contributed by atoms with Crippen LogP contribution in [0.15, 0.2) is 78.1 Å². The van der Waals surface area contributed by atoms with Crippen molar-refractivity contribution in [3.05, 3.63) is 83.6 Å². The maximum Gasteiger partial charge on any atom is 0.328 e. The van der Waals surface area contributed by atoms with Crippen LogP contribution in [0, 0.1) is 5.92 Å². The van der Waals surface area contributed by atoms with Gasteiger partial charge in [0, 0.05) is 33.7 Å². The van der Waals surface area contributed by atoms with E-state index in [0.29, 0.717) is 24.6 Å². The molecule has 1 saturated heterocycles. The van der Waals surface area contributed by atoms with Crippen molar-refractivity contribution in [3.63, 3.8) is 0 Å². The van der Waals surface area contributed by atoms with Gasteiger partial charge in [0.1, 0.15) is 11.6 Å². The second-order valence-electron chi connectivity index (χ2n) is 9.01. The molecule has 35 heavy (non-hydrogen) atoms. The van der Waals surface area contributed by atoms with Crippen molar-refractivity contribution in [2.75, 3.05) is 27.2 Å². The van der Waals surface area contributed by atoms with E-state index in [1.165, 1.54) is 0 Å². The summed E-state index contributed by atoms with van der Waals surface area (Å²) in [6, 6.07) is 9.62. The summed E-state index contributed by atoms with van der Waals surface area (Å²) >= 11 is 0. The Balaban J connectivity index is 1.75. The molecule has 4 N–H and O–H groups in total. The minimum atomic E-state index is -0.286. The number of nitrogens with two attached hydrogens (primary N) is 1. The number of benzene rings is 1. The van der Waals surface area contributed by atoms with Crippen LogP contribution in [0.4, 0.5) is 4.79 Å². The molecule has 1 aromatic rings. The molecule has 0 aromatic heterocycles. The summed E-state index contributed by atoms with van der Waals surface area (Å²) in [7, 11) is 3.76. The topological polar surface area (TPSA) is 93.9 Å². The largest absolute Gasteiger partial charge is 0.383 e. The molecule has 2 bridgehead atoms. The molecule has 2 aliphatic rings. The Labute approximate surface area is 208 Å². The first-order valence-corrected chi connectivity index (χ1v) is 12.2. The van der Waals surface area contributed by atoms with E-state index in [1.54, 1.807) is 4.90 Å². The van der Waals surface area contributed by atoms with Crippen molar-refractivity contribution in [3.8, 4) is 0 Å². The number of amides is 3. The van der Waals surface area contributed by atoms with Crippen LogP contribution >= 0.6 is 0 Å². The van der Waals surface area contributed by atoms with Crippen LogP contribution in [0.1, 0.15) is 32.3 Å². The normalized spacial score (nSPS) is 19.0. The standard InChI is InChI=1S/C27H38N6O2/c1-5-7-13-24(31(3)4)30-27(35)33-22-16-17-32(19-22)23(25(33)28)15-14-21(6-2)26(34)29-18-20-11-9-8-10-12-20/h5,7-15,21-22H,6,16-19,28H2,1-4H3,(H,29,34)(H,30,35)/b7-5-,15-14-,24-13-/t21?,22-/m0/s1. The molecule has 2 heterocycles. The second kappa shape index (κ2) is 12.1. The Kier molecular flexibility index (Phi) is 9.00. The highest BCUT2D eigenvalue weighted by molar-refractivity contribution is 5.81. The lowest BCUT2D eigenvalue weighted by Gasteiger charge is -2.36. The first kappa shape index (κ1) is 25.9. The average Bonchev–Trinajstić information content (AvgIpc) is 3.27. The minimum absolute atomic E-state index is 0.0217. The number of rotatable bonds is 9. The van der Waals surface area contributed by atoms with Crippen molar-refractivity contribution < 1.29 is 9.59 Å². The van der Waals surface area contributed by atoms with Crippen molar-refractivity contribution in [2.45, 2.75) is 39.3 Å². The van der Waals surface area contributed by atoms with E-state index in [2.05, 4.69) is 15.5 Å². The van der Waals surface area contributed by atoms with Crippen LogP contribution in [-0.4, -0.2) is 59.9 Å². The first-order chi connectivity index (χ1) is 16.8. The van der Waals surface area contributed by atoms with E-state index in [-0.39, 0.29) is 23.9 Å². The number of urea groups is 1. The van der Waals surface area contributed by atoms with Crippen LogP contribution in [0.2, 0.25) is 0 Å². The van der Waals surface area contributed by atoms with Crippen LogP contribution < -0.4 is 16.4 Å². The van der Waals surface area contributed by atoms with Crippen molar-refractivity contribution in [1.82, 2.24) is 25.3 Å². The van der Waals surface area contributed by atoms with Gasteiger partial charge in [-0.1, -0.05) is 55.5 Å². The molecule has 2 aliphatic heterocycles. The molecule has 1 unspecified atom stereocenters. The highest BCUT2D eigenvalue weighted by Gasteiger charge is 2.39. The lowest BCUT2D eigenvalue weighted by Crippen LogP contribution is -2.52. The van der Waals surface area contributed by atoms with E-state index in [1.807, 2.05) is 93.6 Å². The van der Waals surface area contributed by atoms with Gasteiger partial charge in [-0.2, -0.15) is 0 Å². The Bertz CT molecular complexity index is 1010. The number of hydrogen-bond donors (Lipinski definition) is 3. The number of carbonyl (C=O) groups is 2. The molecule has 0 aliphatic carbocycles. The van der Waals surface area contributed by atoms with Gasteiger partial charge in [0.15, 0.2) is 0 Å². The van der Waals surface area contributed by atoms with Gasteiger partial charge in [-0.25, -0.2) is 4.79 Å². The first-order valence-electron chi connectivity index (χ1n) is 12.2. The van der Waals surface area contributed by atoms with Gasteiger partial charge in [0.2, 0.25) is 5.91 Å². The van der Waals surface area contributed by atoms with E-state index < -0.39 is 0 Å². The molecule has 1 aromatic carbocycles. The Morgan fingerprint density at radius 3 is 2.66 bits per heavy atom. The summed E-state index contributed by atoms with van der Waals surface area (Å²) in [5, 5.41) is 6.00. The summed E-state index contributed by atoms with van der Waals surface area (Å²) in [5.41, 5.74) is 8.38. The highest BCUT2D eigenvalue weighted by atomic mass is 16.2. The van der Waals surface area contributed by atoms with Gasteiger partial charge in [-0.05, 0) is 37.5 Å². The zero-order chi connectivity index (χ0) is 25.4. The molecule has 8 nitrogen and oxygen atoms in total. The van der Waals surface area contributed by atoms with Crippen molar-refractivity contribution in [1.29, 1.82) is 0 Å². The number of nitrogens with zero attached hydrogens (tertiary/aromatic N) is 3. The van der Waals surface area contributed by atoms with Gasteiger partial charge in [-0.15, -0.1) is 0 Å². The fourth-order valence-electron chi connectivity index (χ4n) is 4.31. The lowest BCUT2D eigenvalue weighted by molar-refractivity contribution is -0.123. The maximum atomic E-state index is 13.2. The van der Waals surface area contributed by atoms with E-state index in [4.69, 9.17) is 5.73 Å². The number of allylic oxidation sites excluding steroid dienone is 4. The third-order valence-corrected chi connectivity index (χ3v) is 6.35. The van der Waals surface area contributed by atoms with Crippen LogP contribution in [0.25, 0.3) is 0 Å². The SMILES string of the molecule is C/C=C\C=C(\NC(=O)N1C(N)=C(/C=C\C(CC)C(=O)NCc2ccccc2)N2CC[C@H]1C2)N(C)C. The number of hydrogen-bond acceptors (Lipinski definition) is 5. The molecule has 0 saturated carbocycles. The molecule has 0 radical (unpaired) electrons. The molecular weight excluding hydrogens is 440 g/mol. The molecule has 0 spiro atoms. The zero-order valence-electron chi connectivity index (χ0n) is 21.2. The van der Waals surface area contributed by atoms with Crippen molar-refractivity contribution in [2.24, 2.45) is 11.7 Å². The molecule has 3 rings (SSSR count). The fourth-order valence-corrected chi connectivity index (χ4v) is 4.31. The number of carbonyl (C=O) groups excluding carboxylic acids is 2. The van der Waals surface area contributed by atoms with E-state index >= 15 is 0 Å². The highest BCUT2D eigenvalue weighted by Crippen LogP contribution is 2.30. The Morgan fingerprint density at radius 2 is 2.00 bits per heavy atom. The smallest absolute Gasteiger partial charge is 0.328 e. The molecule has 188 valence electrons. The van der Waals surface area contributed by atoms with Crippen LogP contribution in [-0.2, 0) is 11.3 Å². The fraction of sp³-hybridized carbons (Fsp3) is 0.407. The third-order valence-electron chi connectivity index (χ3n) is 6.35. The summed E-state index contributed by atoms with van der Waals surface area (Å²) < 4.78 is 0. The number of fused-ring (bicyclic) bond motifs is 2. The third kappa shape index (κ3) is 6.47. The zero-order valence-corrected chi connectivity index (χ0v) is 21.2. The molecule has 8 heteroatoms. The lowest BCUT2D eigenvalue weighted by atomic mass is 10.0. The van der Waals surface area contributed by atoms with Crippen LogP contribution in [0.5, 0.6) is 0 Å². The summed E-state index contributed by atoms with van der Waals surface area (Å²) in [6.45, 7) is 5.95. The quantitative estimate of drug-likeness (QED) is 0.474. The minimum Gasteiger partial charge on any atom is -0.383 e. The maximum absolute atomic E-state index is 13.2. The summed E-state index contributed by atoms with van der Waals surface area (Å²) in [5.74, 6) is 0.780. The average molecular weight is 479 g/mol. The molecule has 1 fully saturated rings. The van der Waals surface area contributed by atoms with Gasteiger partial charge in [-0.3, -0.25) is 15.0 Å². The molecular formula is C27H38N6O2. The molecule has 2 atom stereocenters. The van der Waals surface area contributed by atoms with Gasteiger partial charge in [0.05, 0.1) is 17.7 Å². The van der Waals surface area contributed by atoms with Crippen molar-refractivity contribution >= 4 is 11.9 Å². The second-order valence-corrected chi connectivity index (χ2v) is 9.01. The Morgan fingerprint density at radius 1 is 1.26 bits per heavy atom. The van der Waals surface area contributed by atoms with Gasteiger partial charge < -0.3 is 20.9 Å². The monoisotopic (exact) mass is 478 g/mol. The van der Waals surface area contributed by atoms with Gasteiger partial charge in [0.25, 0.3) is 0 Å². The summed E-state index contributed by atoms with van der Waals surface area (Å²) in [6.07, 6.45) is 10.9. The predicted octanol–water partition coefficient (Wildman–Crippen LogP) is 3.09. The number of nitrogens with one attached hydrogen (secondary N) is 2. The Hall–Kier alpha value is -3.68. The van der Waals surface area contributed by atoms with Gasteiger partial charge >= 0.3 is 6.03 Å². The van der Waals surface area contributed by atoms with E-state index in [9.17, 15) is 9.59 Å². The van der Waals surface area contributed by atoms with Crippen LogP contribution in [0.3, 0.4) is 0 Å². The summed E-state index contributed by atoms with van der Waals surface area (Å²) in [4.78, 5) is 31.7. The molecule has 3 amide bonds. The predicted molar refractivity (Wildman–Crippen MR) is 139 cm³/mol.